The van der Waals surface area contributed by atoms with Gasteiger partial charge >= 0.3 is 6.01 Å². The van der Waals surface area contributed by atoms with Crippen molar-refractivity contribution in [2.24, 2.45) is 0 Å². The zero-order chi connectivity index (χ0) is 16.1. The van der Waals surface area contributed by atoms with Crippen LogP contribution in [0.3, 0.4) is 0 Å². The zero-order valence-electron chi connectivity index (χ0n) is 12.4. The lowest BCUT2D eigenvalue weighted by Gasteiger charge is -2.08. The maximum atomic E-state index is 11.8. The molecule has 1 aliphatic heterocycles. The van der Waals surface area contributed by atoms with Crippen molar-refractivity contribution in [2.45, 2.75) is 30.2 Å². The number of hydrogen-bond donors (Lipinski definition) is 2. The summed E-state index contributed by atoms with van der Waals surface area (Å²) in [5, 5.41) is 18.2. The molecule has 1 saturated heterocycles. The molecule has 3 rings (SSSR count). The summed E-state index contributed by atoms with van der Waals surface area (Å²) in [5.74, 6) is 0.434. The van der Waals surface area contributed by atoms with E-state index in [1.807, 2.05) is 0 Å². The summed E-state index contributed by atoms with van der Waals surface area (Å²) in [4.78, 5) is 15.7. The van der Waals surface area contributed by atoms with E-state index in [9.17, 15) is 4.79 Å². The van der Waals surface area contributed by atoms with Crippen LogP contribution >= 0.6 is 23.1 Å². The fourth-order valence-electron chi connectivity index (χ4n) is 1.98. The third-order valence-corrected chi connectivity index (χ3v) is 5.03. The monoisotopic (exact) mass is 356 g/mol. The van der Waals surface area contributed by atoms with Crippen LogP contribution in [0.5, 0.6) is 0 Å². The average molecular weight is 356 g/mol. The normalized spacial score (nSPS) is 17.3. The van der Waals surface area contributed by atoms with Gasteiger partial charge in [-0.15, -0.1) is 10.2 Å². The molecule has 0 radical (unpaired) electrons. The SMILES string of the molecule is Cc1noc(NC(=O)CSc2nnc(NCC3CCCO3)s2)n1. The second kappa shape index (κ2) is 7.70. The number of anilines is 2. The van der Waals surface area contributed by atoms with E-state index >= 15 is 0 Å². The number of carbonyl (C=O) groups excluding carboxylic acids is 1. The van der Waals surface area contributed by atoms with Gasteiger partial charge in [-0.3, -0.25) is 10.1 Å². The topological polar surface area (TPSA) is 115 Å². The highest BCUT2D eigenvalue weighted by atomic mass is 32.2. The predicted molar refractivity (Wildman–Crippen MR) is 85.8 cm³/mol. The molecule has 9 nitrogen and oxygen atoms in total. The number of thioether (sulfide) groups is 1. The van der Waals surface area contributed by atoms with Crippen LogP contribution < -0.4 is 10.6 Å². The first kappa shape index (κ1) is 16.1. The Morgan fingerprint density at radius 2 is 2.39 bits per heavy atom. The second-order valence-corrected chi connectivity index (χ2v) is 7.07. The molecule has 1 atom stereocenters. The van der Waals surface area contributed by atoms with Crippen molar-refractivity contribution in [3.63, 3.8) is 0 Å². The minimum Gasteiger partial charge on any atom is -0.376 e. The fraction of sp³-hybridized carbons (Fsp3) is 0.583. The van der Waals surface area contributed by atoms with Crippen molar-refractivity contribution in [2.75, 3.05) is 29.5 Å². The van der Waals surface area contributed by atoms with E-state index in [0.29, 0.717) is 5.82 Å². The third-order valence-electron chi connectivity index (χ3n) is 3.01. The van der Waals surface area contributed by atoms with Gasteiger partial charge in [-0.2, -0.15) is 4.98 Å². The van der Waals surface area contributed by atoms with E-state index in [2.05, 4.69) is 31.0 Å². The van der Waals surface area contributed by atoms with Gasteiger partial charge in [0.25, 0.3) is 0 Å². The Kier molecular flexibility index (Phi) is 5.41. The average Bonchev–Trinajstić information content (AvgIpc) is 3.25. The summed E-state index contributed by atoms with van der Waals surface area (Å²) in [5.41, 5.74) is 0. The van der Waals surface area contributed by atoms with Gasteiger partial charge in [0.15, 0.2) is 10.2 Å². The van der Waals surface area contributed by atoms with Crippen molar-refractivity contribution in [3.05, 3.63) is 5.82 Å². The van der Waals surface area contributed by atoms with Gasteiger partial charge in [0.1, 0.15) is 0 Å². The molecule has 124 valence electrons. The van der Waals surface area contributed by atoms with E-state index in [-0.39, 0.29) is 23.8 Å². The molecule has 3 heterocycles. The van der Waals surface area contributed by atoms with E-state index in [1.54, 1.807) is 6.92 Å². The van der Waals surface area contributed by atoms with Gasteiger partial charge in [0.05, 0.1) is 11.9 Å². The van der Waals surface area contributed by atoms with Gasteiger partial charge in [0.2, 0.25) is 11.0 Å². The van der Waals surface area contributed by atoms with Crippen LogP contribution in [-0.4, -0.2) is 51.3 Å². The zero-order valence-corrected chi connectivity index (χ0v) is 14.1. The lowest BCUT2D eigenvalue weighted by atomic mass is 10.2. The molecule has 2 N–H and O–H groups in total. The first-order valence-corrected chi connectivity index (χ1v) is 8.91. The van der Waals surface area contributed by atoms with Gasteiger partial charge in [0, 0.05) is 13.2 Å². The van der Waals surface area contributed by atoms with Crippen molar-refractivity contribution in [3.8, 4) is 0 Å². The van der Waals surface area contributed by atoms with Crippen LogP contribution in [0.15, 0.2) is 8.86 Å². The smallest absolute Gasteiger partial charge is 0.328 e. The van der Waals surface area contributed by atoms with Gasteiger partial charge in [-0.25, -0.2) is 0 Å². The molecule has 11 heteroatoms. The summed E-state index contributed by atoms with van der Waals surface area (Å²) in [6.45, 7) is 3.24. The molecule has 2 aromatic rings. The highest BCUT2D eigenvalue weighted by Crippen LogP contribution is 2.26. The third kappa shape index (κ3) is 4.88. The Balaban J connectivity index is 1.40. The number of amides is 1. The number of nitrogens with one attached hydrogen (secondary N) is 2. The van der Waals surface area contributed by atoms with Gasteiger partial charge < -0.3 is 14.6 Å². The summed E-state index contributed by atoms with van der Waals surface area (Å²) >= 11 is 2.72. The maximum absolute atomic E-state index is 11.8. The molecule has 0 spiro atoms. The molecule has 1 aliphatic rings. The first-order chi connectivity index (χ1) is 11.2. The fourth-order valence-corrected chi connectivity index (χ4v) is 3.54. The molecule has 1 fully saturated rings. The highest BCUT2D eigenvalue weighted by molar-refractivity contribution is 8.01. The Labute approximate surface area is 140 Å². The molecule has 0 aromatic carbocycles. The molecule has 1 unspecified atom stereocenters. The van der Waals surface area contributed by atoms with Crippen LogP contribution in [0.2, 0.25) is 0 Å². The van der Waals surface area contributed by atoms with E-state index < -0.39 is 0 Å². The van der Waals surface area contributed by atoms with Crippen LogP contribution in [-0.2, 0) is 9.53 Å². The van der Waals surface area contributed by atoms with Crippen LogP contribution in [0.4, 0.5) is 11.1 Å². The quantitative estimate of drug-likeness (QED) is 0.713. The Hall–Kier alpha value is -1.72. The molecule has 0 saturated carbocycles. The van der Waals surface area contributed by atoms with Crippen LogP contribution in [0.1, 0.15) is 18.7 Å². The Bertz CT molecular complexity index is 655. The largest absolute Gasteiger partial charge is 0.376 e. The molecular formula is C12H16N6O3S2. The molecule has 23 heavy (non-hydrogen) atoms. The van der Waals surface area contributed by atoms with Gasteiger partial charge in [-0.1, -0.05) is 28.3 Å². The van der Waals surface area contributed by atoms with Crippen molar-refractivity contribution in [1.82, 2.24) is 20.3 Å². The lowest BCUT2D eigenvalue weighted by Crippen LogP contribution is -2.18. The minimum absolute atomic E-state index is 0.101. The van der Waals surface area contributed by atoms with Gasteiger partial charge in [-0.05, 0) is 19.8 Å². The van der Waals surface area contributed by atoms with Crippen LogP contribution in [0, 0.1) is 6.92 Å². The minimum atomic E-state index is -0.234. The molecule has 1 amide bonds. The highest BCUT2D eigenvalue weighted by Gasteiger charge is 2.16. The summed E-state index contributed by atoms with van der Waals surface area (Å²) in [7, 11) is 0. The number of ether oxygens (including phenoxy) is 1. The number of aromatic nitrogens is 4. The number of rotatable bonds is 7. The van der Waals surface area contributed by atoms with E-state index in [0.717, 1.165) is 35.5 Å². The summed E-state index contributed by atoms with van der Waals surface area (Å²) in [6.07, 6.45) is 2.43. The summed E-state index contributed by atoms with van der Waals surface area (Å²) in [6, 6.07) is 0.101. The number of hydrogen-bond acceptors (Lipinski definition) is 10. The standard InChI is InChI=1S/C12H16N6O3S2/c1-7-14-10(21-18-7)15-9(19)6-22-12-17-16-11(23-12)13-5-8-3-2-4-20-8/h8H,2-6H2,1H3,(H,13,16)(H,14,15,18,19). The number of aryl methyl sites for hydroxylation is 1. The lowest BCUT2D eigenvalue weighted by molar-refractivity contribution is -0.114. The molecule has 0 aliphatic carbocycles. The van der Waals surface area contributed by atoms with E-state index in [1.165, 1.54) is 23.1 Å². The Morgan fingerprint density at radius 3 is 3.13 bits per heavy atom. The second-order valence-electron chi connectivity index (χ2n) is 4.87. The predicted octanol–water partition coefficient (Wildman–Crippen LogP) is 1.55. The first-order valence-electron chi connectivity index (χ1n) is 7.11. The van der Waals surface area contributed by atoms with Crippen molar-refractivity contribution in [1.29, 1.82) is 0 Å². The summed E-state index contributed by atoms with van der Waals surface area (Å²) < 4.78 is 11.1. The molecular weight excluding hydrogens is 340 g/mol. The number of carbonyl (C=O) groups is 1. The molecule has 2 aromatic heterocycles. The van der Waals surface area contributed by atoms with Crippen LogP contribution in [0.25, 0.3) is 0 Å². The van der Waals surface area contributed by atoms with E-state index in [4.69, 9.17) is 9.26 Å². The molecule has 0 bridgehead atoms. The maximum Gasteiger partial charge on any atom is 0.328 e. The van der Waals surface area contributed by atoms with Crippen molar-refractivity contribution >= 4 is 40.2 Å². The number of nitrogens with zero attached hydrogens (tertiary/aromatic N) is 4. The van der Waals surface area contributed by atoms with Crippen molar-refractivity contribution < 1.29 is 14.1 Å². The Morgan fingerprint density at radius 1 is 1.48 bits per heavy atom.